The molecule has 0 radical (unpaired) electrons. The molecule has 1 N–H and O–H groups in total. The lowest BCUT2D eigenvalue weighted by molar-refractivity contribution is -0.118. The molecule has 0 aromatic heterocycles. The van der Waals surface area contributed by atoms with Crippen LogP contribution in [0.2, 0.25) is 5.02 Å². The maximum Gasteiger partial charge on any atom is 0.262 e. The highest BCUT2D eigenvalue weighted by Gasteiger charge is 2.07. The molecule has 2 aromatic rings. The molecular weight excluding hydrogens is 354 g/mol. The molecule has 0 saturated heterocycles. The van der Waals surface area contributed by atoms with Gasteiger partial charge in [-0.2, -0.15) is 0 Å². The highest BCUT2D eigenvalue weighted by Crippen LogP contribution is 2.25. The van der Waals surface area contributed by atoms with Crippen molar-refractivity contribution in [3.05, 3.63) is 57.5 Å². The first-order valence-corrected chi connectivity index (χ1v) is 7.72. The first-order valence-electron chi connectivity index (χ1n) is 6.55. The van der Waals surface area contributed by atoms with Gasteiger partial charge in [-0.15, -0.1) is 0 Å². The maximum atomic E-state index is 11.9. The van der Waals surface area contributed by atoms with E-state index in [-0.39, 0.29) is 12.5 Å². The van der Waals surface area contributed by atoms with E-state index in [0.717, 1.165) is 10.9 Å². The van der Waals surface area contributed by atoms with Gasteiger partial charge in [0.05, 0.1) is 10.7 Å². The quantitative estimate of drug-likeness (QED) is 0.832. The molecule has 0 atom stereocenters. The summed E-state index contributed by atoms with van der Waals surface area (Å²) in [4.78, 5) is 11.9. The number of benzene rings is 2. The Kier molecular flexibility index (Phi) is 5.65. The minimum atomic E-state index is -0.249. The van der Waals surface area contributed by atoms with Gasteiger partial charge in [0.25, 0.3) is 5.91 Å². The number of halogens is 2. The van der Waals surface area contributed by atoms with Gasteiger partial charge < -0.3 is 10.1 Å². The minimum Gasteiger partial charge on any atom is -0.484 e. The molecule has 1 amide bonds. The second kappa shape index (κ2) is 7.48. The van der Waals surface area contributed by atoms with E-state index in [1.807, 2.05) is 30.3 Å². The Hall–Kier alpha value is -1.52. The van der Waals surface area contributed by atoms with Crippen molar-refractivity contribution in [2.24, 2.45) is 0 Å². The number of carbonyl (C=O) groups is 1. The van der Waals surface area contributed by atoms with Crippen molar-refractivity contribution in [3.8, 4) is 5.75 Å². The van der Waals surface area contributed by atoms with Crippen LogP contribution in [-0.4, -0.2) is 12.5 Å². The lowest BCUT2D eigenvalue weighted by Gasteiger charge is -2.09. The van der Waals surface area contributed by atoms with Crippen LogP contribution in [0.25, 0.3) is 0 Å². The molecule has 0 unspecified atom stereocenters. The number of rotatable bonds is 5. The van der Waals surface area contributed by atoms with Crippen LogP contribution < -0.4 is 10.1 Å². The van der Waals surface area contributed by atoms with Crippen molar-refractivity contribution in [1.82, 2.24) is 0 Å². The number of hydrogen-bond acceptors (Lipinski definition) is 2. The second-order valence-electron chi connectivity index (χ2n) is 4.46. The molecule has 0 aliphatic heterocycles. The highest BCUT2D eigenvalue weighted by molar-refractivity contribution is 9.10. The molecule has 5 heteroatoms. The topological polar surface area (TPSA) is 38.3 Å². The average molecular weight is 369 g/mol. The lowest BCUT2D eigenvalue weighted by atomic mass is 10.2. The number of amides is 1. The summed E-state index contributed by atoms with van der Waals surface area (Å²) in [7, 11) is 0. The zero-order valence-corrected chi connectivity index (χ0v) is 13.9. The van der Waals surface area contributed by atoms with Crippen LogP contribution in [0.15, 0.2) is 46.9 Å². The van der Waals surface area contributed by atoms with Crippen LogP contribution in [-0.2, 0) is 11.2 Å². The summed E-state index contributed by atoms with van der Waals surface area (Å²) in [5.41, 5.74) is 1.74. The Labute approximate surface area is 137 Å². The van der Waals surface area contributed by atoms with Gasteiger partial charge in [0.1, 0.15) is 5.75 Å². The summed E-state index contributed by atoms with van der Waals surface area (Å²) < 4.78 is 6.34. The number of anilines is 1. The minimum absolute atomic E-state index is 0.0560. The summed E-state index contributed by atoms with van der Waals surface area (Å²) in [6.07, 6.45) is 0.928. The smallest absolute Gasteiger partial charge is 0.262 e. The average Bonchev–Trinajstić information content (AvgIpc) is 2.48. The standard InChI is InChI=1S/C16H15BrClNO2/c1-2-11-4-3-5-13(8-11)21-10-16(20)19-15-7-6-12(17)9-14(15)18/h3-9H,2,10H2,1H3,(H,19,20). The van der Waals surface area contributed by atoms with Crippen LogP contribution in [0, 0.1) is 0 Å². The Bertz CT molecular complexity index is 646. The summed E-state index contributed by atoms with van der Waals surface area (Å²) >= 11 is 9.36. The Balaban J connectivity index is 1.92. The normalized spacial score (nSPS) is 10.2. The Morgan fingerprint density at radius 3 is 2.81 bits per heavy atom. The first kappa shape index (κ1) is 15.9. The van der Waals surface area contributed by atoms with E-state index in [1.165, 1.54) is 5.56 Å². The number of aryl methyl sites for hydroxylation is 1. The molecule has 2 aromatic carbocycles. The van der Waals surface area contributed by atoms with E-state index < -0.39 is 0 Å². The molecule has 0 heterocycles. The zero-order valence-electron chi connectivity index (χ0n) is 11.5. The van der Waals surface area contributed by atoms with Gasteiger partial charge in [0.2, 0.25) is 0 Å². The summed E-state index contributed by atoms with van der Waals surface area (Å²) in [6.45, 7) is 2.01. The predicted molar refractivity (Wildman–Crippen MR) is 89.1 cm³/mol. The fourth-order valence-electron chi connectivity index (χ4n) is 1.78. The van der Waals surface area contributed by atoms with Crippen LogP contribution >= 0.6 is 27.5 Å². The number of carbonyl (C=O) groups excluding carboxylic acids is 1. The number of nitrogens with one attached hydrogen (secondary N) is 1. The molecular formula is C16H15BrClNO2. The van der Waals surface area contributed by atoms with Crippen molar-refractivity contribution in [2.45, 2.75) is 13.3 Å². The van der Waals surface area contributed by atoms with Gasteiger partial charge in [-0.25, -0.2) is 0 Å². The van der Waals surface area contributed by atoms with E-state index in [4.69, 9.17) is 16.3 Å². The van der Waals surface area contributed by atoms with Crippen molar-refractivity contribution in [1.29, 1.82) is 0 Å². The van der Waals surface area contributed by atoms with E-state index in [9.17, 15) is 4.79 Å². The highest BCUT2D eigenvalue weighted by atomic mass is 79.9. The number of hydrogen-bond donors (Lipinski definition) is 1. The Morgan fingerprint density at radius 2 is 2.10 bits per heavy atom. The molecule has 110 valence electrons. The monoisotopic (exact) mass is 367 g/mol. The summed E-state index contributed by atoms with van der Waals surface area (Å²) in [6, 6.07) is 13.0. The SMILES string of the molecule is CCc1cccc(OCC(=O)Nc2ccc(Br)cc2Cl)c1. The predicted octanol–water partition coefficient (Wildman–Crippen LogP) is 4.68. The number of ether oxygens (including phenoxy) is 1. The van der Waals surface area contributed by atoms with E-state index in [1.54, 1.807) is 12.1 Å². The zero-order chi connectivity index (χ0) is 15.2. The molecule has 0 bridgehead atoms. The summed E-state index contributed by atoms with van der Waals surface area (Å²) in [5, 5.41) is 3.20. The van der Waals surface area contributed by atoms with Gasteiger partial charge in [0.15, 0.2) is 6.61 Å². The largest absolute Gasteiger partial charge is 0.484 e. The van der Waals surface area contributed by atoms with Crippen molar-refractivity contribution < 1.29 is 9.53 Å². The molecule has 2 rings (SSSR count). The third-order valence-corrected chi connectivity index (χ3v) is 3.69. The third kappa shape index (κ3) is 4.76. The van der Waals surface area contributed by atoms with Gasteiger partial charge >= 0.3 is 0 Å². The molecule has 21 heavy (non-hydrogen) atoms. The van der Waals surface area contributed by atoms with Gasteiger partial charge in [-0.1, -0.05) is 46.6 Å². The van der Waals surface area contributed by atoms with E-state index in [0.29, 0.717) is 16.5 Å². The van der Waals surface area contributed by atoms with Crippen molar-refractivity contribution in [2.75, 3.05) is 11.9 Å². The maximum absolute atomic E-state index is 11.9. The van der Waals surface area contributed by atoms with Gasteiger partial charge in [-0.3, -0.25) is 4.79 Å². The van der Waals surface area contributed by atoms with E-state index in [2.05, 4.69) is 28.2 Å². The second-order valence-corrected chi connectivity index (χ2v) is 5.78. The van der Waals surface area contributed by atoms with Crippen LogP contribution in [0.1, 0.15) is 12.5 Å². The van der Waals surface area contributed by atoms with Gasteiger partial charge in [-0.05, 0) is 42.3 Å². The lowest BCUT2D eigenvalue weighted by Crippen LogP contribution is -2.20. The molecule has 3 nitrogen and oxygen atoms in total. The molecule has 0 aliphatic carbocycles. The fourth-order valence-corrected chi connectivity index (χ4v) is 2.50. The summed E-state index contributed by atoms with van der Waals surface area (Å²) in [5.74, 6) is 0.438. The van der Waals surface area contributed by atoms with Crippen LogP contribution in [0.4, 0.5) is 5.69 Å². The molecule has 0 aliphatic rings. The fraction of sp³-hybridized carbons (Fsp3) is 0.188. The third-order valence-electron chi connectivity index (χ3n) is 2.88. The Morgan fingerprint density at radius 1 is 1.29 bits per heavy atom. The van der Waals surface area contributed by atoms with Crippen molar-refractivity contribution >= 4 is 39.1 Å². The molecule has 0 saturated carbocycles. The van der Waals surface area contributed by atoms with Crippen LogP contribution in [0.3, 0.4) is 0 Å². The van der Waals surface area contributed by atoms with Crippen molar-refractivity contribution in [3.63, 3.8) is 0 Å². The van der Waals surface area contributed by atoms with E-state index >= 15 is 0 Å². The first-order chi connectivity index (χ1) is 10.1. The van der Waals surface area contributed by atoms with Gasteiger partial charge in [0, 0.05) is 4.47 Å². The van der Waals surface area contributed by atoms with Crippen LogP contribution in [0.5, 0.6) is 5.75 Å². The molecule has 0 spiro atoms. The molecule has 0 fully saturated rings.